The van der Waals surface area contributed by atoms with E-state index in [4.69, 9.17) is 56.8 Å². The number of Topliss-reactive ketones (excluding diaryl/α,β-unsaturated/α-hetero) is 1. The molecule has 32 nitrogen and oxygen atoms in total. The molecular formula is C51H89NO31. The molecule has 484 valence electrons. The second-order valence-corrected chi connectivity index (χ2v) is 22.3. The quantitative estimate of drug-likeness (QED) is 0.0340. The van der Waals surface area contributed by atoms with Gasteiger partial charge in [-0.25, -0.2) is 0 Å². The van der Waals surface area contributed by atoms with Gasteiger partial charge in [-0.1, -0.05) is 33.1 Å². The van der Waals surface area contributed by atoms with E-state index in [0.717, 1.165) is 26.2 Å². The summed E-state index contributed by atoms with van der Waals surface area (Å²) in [5, 5.41) is 188. The van der Waals surface area contributed by atoms with Gasteiger partial charge in [-0.15, -0.1) is 0 Å². The van der Waals surface area contributed by atoms with E-state index < -0.39 is 235 Å². The normalized spacial score (nSPS) is 45.5. The molecule has 32 atom stereocenters. The lowest BCUT2D eigenvalue weighted by Gasteiger charge is -2.51. The van der Waals surface area contributed by atoms with Crippen molar-refractivity contribution in [3.63, 3.8) is 0 Å². The van der Waals surface area contributed by atoms with Gasteiger partial charge in [0.25, 0.3) is 0 Å². The van der Waals surface area contributed by atoms with Crippen LogP contribution in [-0.4, -0.2) is 322 Å². The summed E-state index contributed by atoms with van der Waals surface area (Å²) in [6.45, 7) is 2.53. The summed E-state index contributed by atoms with van der Waals surface area (Å²) < 4.78 is 72.0. The summed E-state index contributed by atoms with van der Waals surface area (Å²) in [7, 11) is 0. The van der Waals surface area contributed by atoms with Crippen LogP contribution in [-0.2, 0) is 66.4 Å². The summed E-state index contributed by atoms with van der Waals surface area (Å²) >= 11 is 0. The van der Waals surface area contributed by atoms with Crippen LogP contribution in [0.5, 0.6) is 0 Å². The molecule has 6 aliphatic heterocycles. The fourth-order valence-electron chi connectivity index (χ4n) is 10.9. The Hall–Kier alpha value is -2.02. The first-order valence-electron chi connectivity index (χ1n) is 28.1. The third-order valence-electron chi connectivity index (χ3n) is 16.2. The Morgan fingerprint density at radius 1 is 0.518 bits per heavy atom. The molecule has 0 bridgehead atoms. The van der Waals surface area contributed by atoms with E-state index in [-0.39, 0.29) is 18.3 Å². The molecule has 18 N–H and O–H groups in total. The second-order valence-electron chi connectivity index (χ2n) is 22.3. The molecule has 0 aliphatic carbocycles. The van der Waals surface area contributed by atoms with Crippen molar-refractivity contribution in [3.05, 3.63) is 0 Å². The van der Waals surface area contributed by atoms with Gasteiger partial charge in [0.2, 0.25) is 5.91 Å². The first kappa shape index (κ1) is 70.1. The largest absolute Gasteiger partial charge is 0.394 e. The van der Waals surface area contributed by atoms with Crippen LogP contribution in [0.1, 0.15) is 73.1 Å². The van der Waals surface area contributed by atoms with Crippen molar-refractivity contribution in [2.45, 2.75) is 257 Å². The number of ketones is 1. The minimum atomic E-state index is -2.17. The van der Waals surface area contributed by atoms with E-state index in [0.29, 0.717) is 12.8 Å². The molecule has 32 heteroatoms. The number of carbonyl (C=O) groups is 2. The lowest BCUT2D eigenvalue weighted by Crippen LogP contribution is -2.68. The first-order chi connectivity index (χ1) is 39.3. The minimum Gasteiger partial charge on any atom is -0.394 e. The number of carbonyl (C=O) groups excluding carboxylic acids is 2. The van der Waals surface area contributed by atoms with Gasteiger partial charge in [0.15, 0.2) is 37.7 Å². The number of hydrogen-bond donors (Lipinski definition) is 18. The van der Waals surface area contributed by atoms with Crippen LogP contribution < -0.4 is 5.32 Å². The second kappa shape index (κ2) is 31.9. The highest BCUT2D eigenvalue weighted by Gasteiger charge is 2.58. The monoisotopic (exact) mass is 1210 g/mol. The molecular weight excluding hydrogens is 1120 g/mol. The standard InChI is InChI=1S/C51H89NO31/c1-18(20(3)58)10-8-6-7-9-11-72-48-39(70)37(68)42(27(16-56)76-48)81-50-40(71)45(79-29-12-23(60)30(52-22(5)59)44(78-29)32(63)24(61)13-53)43(28(17-57)77-50)82-47-19(2)41(34(65)26(15-55)74-47)80-51-46(36(67)33(64)25(14-54)75-51)83-49-38(69)35(66)31(62)21(4)73-49/h18-19,21,23-51,53-57,60-71H,6-17H2,1-5H3,(H,52,59)/t18-,19?,21?,23?,24+,25?,26?,27?,28?,29?,30+,31-,32+,33-,34-,35+,36-,37+,38?,39?,40?,41+,42-,43-,44-,45+,46?,47-,48+,49-,50-,51-/m0/s1. The van der Waals surface area contributed by atoms with Crippen LogP contribution in [0.4, 0.5) is 0 Å². The van der Waals surface area contributed by atoms with E-state index in [1.54, 1.807) is 0 Å². The predicted molar refractivity (Wildman–Crippen MR) is 270 cm³/mol. The highest BCUT2D eigenvalue weighted by atomic mass is 16.8. The molecule has 6 rings (SSSR count). The van der Waals surface area contributed by atoms with E-state index in [9.17, 15) is 96.4 Å². The van der Waals surface area contributed by atoms with Crippen LogP contribution >= 0.6 is 0 Å². The van der Waals surface area contributed by atoms with Crippen LogP contribution in [0.25, 0.3) is 0 Å². The van der Waals surface area contributed by atoms with Gasteiger partial charge < -0.3 is 149 Å². The molecule has 1 amide bonds. The Kier molecular flexibility index (Phi) is 27.0. The van der Waals surface area contributed by atoms with Crippen molar-refractivity contribution < 1.29 is 153 Å². The summed E-state index contributed by atoms with van der Waals surface area (Å²) in [5.74, 6) is -1.96. The molecule has 0 saturated carbocycles. The highest BCUT2D eigenvalue weighted by Crippen LogP contribution is 2.40. The fraction of sp³-hybridized carbons (Fsp3) is 0.961. The SMILES string of the molecule is CC(=O)N[C@@H]1C(O)CC(O[C@@H]2C(O)[C@H](O[C@H]3C(CO)O[C@@H](OCCCCCC[C@H](C)C(C)=O)C(O)[C@H]3O)OC(CO)[C@@H]2O[C@@H]2OC(CO)[C@H](O)[C@H](O[C@@H]3OC(CO)[C@H](O)[C@H](O)C3O[C@@H]3OC(C)[C@H](O)[C@@H](O)C3O)C2C)O[C@@H]1[C@H](O)[C@H](O)CO. The minimum absolute atomic E-state index is 0.0658. The summed E-state index contributed by atoms with van der Waals surface area (Å²) in [4.78, 5) is 23.8. The van der Waals surface area contributed by atoms with Gasteiger partial charge in [0.1, 0.15) is 128 Å². The third kappa shape index (κ3) is 16.8. The number of ether oxygens (including phenoxy) is 12. The molecule has 12 unspecified atom stereocenters. The maximum atomic E-state index is 12.3. The molecule has 6 fully saturated rings. The smallest absolute Gasteiger partial charge is 0.217 e. The predicted octanol–water partition coefficient (Wildman–Crippen LogP) is -8.70. The Balaban J connectivity index is 1.27. The zero-order chi connectivity index (χ0) is 61.3. The van der Waals surface area contributed by atoms with Gasteiger partial charge in [-0.05, 0) is 26.7 Å². The molecule has 0 spiro atoms. The Morgan fingerprint density at radius 2 is 1.05 bits per heavy atom. The summed E-state index contributed by atoms with van der Waals surface area (Å²) in [6.07, 6.45) is -48.4. The molecule has 0 aromatic rings. The first-order valence-corrected chi connectivity index (χ1v) is 28.1. The van der Waals surface area contributed by atoms with Gasteiger partial charge in [0, 0.05) is 31.8 Å². The third-order valence-corrected chi connectivity index (χ3v) is 16.2. The molecule has 0 radical (unpaired) electrons. The zero-order valence-electron chi connectivity index (χ0n) is 46.8. The zero-order valence-corrected chi connectivity index (χ0v) is 46.8. The van der Waals surface area contributed by atoms with Crippen molar-refractivity contribution in [1.29, 1.82) is 0 Å². The van der Waals surface area contributed by atoms with Crippen molar-refractivity contribution in [2.75, 3.05) is 39.6 Å². The number of aliphatic hydroxyl groups excluding tert-OH is 17. The van der Waals surface area contributed by atoms with Gasteiger partial charge in [-0.3, -0.25) is 9.59 Å². The van der Waals surface area contributed by atoms with Crippen molar-refractivity contribution >= 4 is 11.7 Å². The lowest BCUT2D eigenvalue weighted by molar-refractivity contribution is -0.401. The van der Waals surface area contributed by atoms with E-state index >= 15 is 0 Å². The number of hydrogen-bond acceptors (Lipinski definition) is 31. The average Bonchev–Trinajstić information content (AvgIpc) is 2.81. The Labute approximate surface area is 478 Å². The number of rotatable bonds is 27. The summed E-state index contributed by atoms with van der Waals surface area (Å²) in [5.41, 5.74) is 0. The molecule has 83 heavy (non-hydrogen) atoms. The molecule has 6 saturated heterocycles. The number of nitrogens with one attached hydrogen (secondary N) is 1. The Morgan fingerprint density at radius 3 is 1.67 bits per heavy atom. The number of unbranched alkanes of at least 4 members (excludes halogenated alkanes) is 3. The van der Waals surface area contributed by atoms with E-state index in [1.165, 1.54) is 20.8 Å². The lowest BCUT2D eigenvalue weighted by atomic mass is 9.90. The van der Waals surface area contributed by atoms with Crippen LogP contribution in [0, 0.1) is 11.8 Å². The molecule has 6 aliphatic rings. The number of aliphatic hydroxyl groups is 17. The van der Waals surface area contributed by atoms with Crippen LogP contribution in [0.2, 0.25) is 0 Å². The van der Waals surface area contributed by atoms with Gasteiger partial charge in [-0.2, -0.15) is 0 Å². The van der Waals surface area contributed by atoms with E-state index in [1.807, 2.05) is 6.92 Å². The fourth-order valence-corrected chi connectivity index (χ4v) is 10.9. The highest BCUT2D eigenvalue weighted by molar-refractivity contribution is 5.77. The number of amides is 1. The molecule has 0 aromatic heterocycles. The summed E-state index contributed by atoms with van der Waals surface area (Å²) in [6, 6.07) is -1.43. The van der Waals surface area contributed by atoms with Crippen LogP contribution in [0.3, 0.4) is 0 Å². The van der Waals surface area contributed by atoms with Crippen molar-refractivity contribution in [2.24, 2.45) is 11.8 Å². The van der Waals surface area contributed by atoms with E-state index in [2.05, 4.69) is 5.32 Å². The maximum absolute atomic E-state index is 12.3. The average molecular weight is 1210 g/mol. The van der Waals surface area contributed by atoms with Gasteiger partial charge in [0.05, 0.1) is 57.4 Å². The van der Waals surface area contributed by atoms with Crippen molar-refractivity contribution in [3.8, 4) is 0 Å². The van der Waals surface area contributed by atoms with Crippen LogP contribution in [0.15, 0.2) is 0 Å². The van der Waals surface area contributed by atoms with Gasteiger partial charge >= 0.3 is 0 Å². The topological polar surface area (TPSA) is 501 Å². The molecule has 0 aromatic carbocycles. The molecule has 6 heterocycles. The Bertz CT molecular complexity index is 1950. The van der Waals surface area contributed by atoms with Crippen molar-refractivity contribution in [1.82, 2.24) is 5.32 Å². The maximum Gasteiger partial charge on any atom is 0.217 e.